The Balaban J connectivity index is 2.58. The summed E-state index contributed by atoms with van der Waals surface area (Å²) >= 11 is 0. The summed E-state index contributed by atoms with van der Waals surface area (Å²) in [5, 5.41) is 3.01. The van der Waals surface area contributed by atoms with E-state index in [1.54, 1.807) is 17.0 Å². The third-order valence-corrected chi connectivity index (χ3v) is 2.32. The van der Waals surface area contributed by atoms with Gasteiger partial charge in [-0.15, -0.1) is 0 Å². The topological polar surface area (TPSA) is 56.1 Å². The van der Waals surface area contributed by atoms with Crippen LogP contribution in [0, 0.1) is 5.92 Å². The van der Waals surface area contributed by atoms with Gasteiger partial charge in [-0.3, -0.25) is 4.79 Å². The molecule has 0 saturated heterocycles. The minimum Gasteiger partial charge on any atom is -0.377 e. The first-order valence-corrected chi connectivity index (χ1v) is 6.41. The molecule has 1 rings (SSSR count). The van der Waals surface area contributed by atoms with E-state index in [9.17, 15) is 4.79 Å². The van der Waals surface area contributed by atoms with Crippen LogP contribution < -0.4 is 10.9 Å². The van der Waals surface area contributed by atoms with Gasteiger partial charge in [-0.25, -0.2) is 4.98 Å². The van der Waals surface area contributed by atoms with Crippen LogP contribution in [-0.2, 0) is 11.3 Å². The fourth-order valence-corrected chi connectivity index (χ4v) is 1.57. The molecule has 5 heteroatoms. The molecule has 1 heterocycles. The minimum atomic E-state index is -0.0734. The molecule has 102 valence electrons. The van der Waals surface area contributed by atoms with E-state index < -0.39 is 0 Å². The Labute approximate surface area is 108 Å². The van der Waals surface area contributed by atoms with Crippen molar-refractivity contribution in [1.29, 1.82) is 0 Å². The van der Waals surface area contributed by atoms with Crippen LogP contribution in [0.2, 0.25) is 0 Å². The lowest BCUT2D eigenvalue weighted by molar-refractivity contribution is 0.0870. The molecule has 0 aliphatic rings. The van der Waals surface area contributed by atoms with Gasteiger partial charge in [0.05, 0.1) is 12.7 Å². The average molecular weight is 253 g/mol. The summed E-state index contributed by atoms with van der Waals surface area (Å²) in [4.78, 5) is 16.1. The molecule has 0 unspecified atom stereocenters. The van der Waals surface area contributed by atoms with E-state index in [2.05, 4.69) is 24.1 Å². The van der Waals surface area contributed by atoms with Gasteiger partial charge in [0.1, 0.15) is 0 Å². The van der Waals surface area contributed by atoms with Crippen LogP contribution in [0.25, 0.3) is 0 Å². The maximum Gasteiger partial charge on any atom is 0.293 e. The van der Waals surface area contributed by atoms with Crippen molar-refractivity contribution in [2.45, 2.75) is 40.3 Å². The number of anilines is 1. The Bertz CT molecular complexity index is 413. The van der Waals surface area contributed by atoms with Crippen LogP contribution in [0.15, 0.2) is 17.2 Å². The second kappa shape index (κ2) is 7.16. The molecule has 0 radical (unpaired) electrons. The van der Waals surface area contributed by atoms with Crippen LogP contribution in [0.1, 0.15) is 27.7 Å². The van der Waals surface area contributed by atoms with E-state index in [0.717, 1.165) is 0 Å². The van der Waals surface area contributed by atoms with Crippen LogP contribution in [0.5, 0.6) is 0 Å². The lowest BCUT2D eigenvalue weighted by Crippen LogP contribution is -2.27. The largest absolute Gasteiger partial charge is 0.377 e. The molecule has 18 heavy (non-hydrogen) atoms. The second-order valence-corrected chi connectivity index (χ2v) is 4.97. The van der Waals surface area contributed by atoms with E-state index in [4.69, 9.17) is 4.74 Å². The number of rotatable bonds is 7. The van der Waals surface area contributed by atoms with Gasteiger partial charge in [0.25, 0.3) is 5.56 Å². The van der Waals surface area contributed by atoms with Crippen molar-refractivity contribution in [2.24, 2.45) is 5.92 Å². The molecule has 0 amide bonds. The minimum absolute atomic E-state index is 0.0734. The van der Waals surface area contributed by atoms with Gasteiger partial charge < -0.3 is 14.6 Å². The zero-order valence-electron chi connectivity index (χ0n) is 11.6. The maximum absolute atomic E-state index is 12.0. The van der Waals surface area contributed by atoms with Gasteiger partial charge in [0.15, 0.2) is 5.82 Å². The Morgan fingerprint density at radius 3 is 2.72 bits per heavy atom. The Morgan fingerprint density at radius 2 is 2.11 bits per heavy atom. The van der Waals surface area contributed by atoms with Crippen LogP contribution >= 0.6 is 0 Å². The summed E-state index contributed by atoms with van der Waals surface area (Å²) in [5.74, 6) is 0.827. The highest BCUT2D eigenvalue weighted by molar-refractivity contribution is 5.30. The van der Waals surface area contributed by atoms with E-state index >= 15 is 0 Å². The van der Waals surface area contributed by atoms with Crippen molar-refractivity contribution >= 4 is 5.82 Å². The van der Waals surface area contributed by atoms with Gasteiger partial charge in [0, 0.05) is 25.5 Å². The molecule has 1 aromatic heterocycles. The number of nitrogens with zero attached hydrogens (tertiary/aromatic N) is 2. The predicted octanol–water partition coefficient (Wildman–Crippen LogP) is 1.74. The van der Waals surface area contributed by atoms with Crippen molar-refractivity contribution in [3.8, 4) is 0 Å². The highest BCUT2D eigenvalue weighted by atomic mass is 16.5. The van der Waals surface area contributed by atoms with Gasteiger partial charge in [-0.05, 0) is 19.8 Å². The van der Waals surface area contributed by atoms with Gasteiger partial charge in [-0.1, -0.05) is 13.8 Å². The normalized spacial score (nSPS) is 11.2. The highest BCUT2D eigenvalue weighted by Gasteiger charge is 2.05. The lowest BCUT2D eigenvalue weighted by atomic mass is 10.2. The Morgan fingerprint density at radius 1 is 1.39 bits per heavy atom. The maximum atomic E-state index is 12.0. The molecule has 5 nitrogen and oxygen atoms in total. The standard InChI is InChI=1S/C13H23N3O2/c1-10(2)9-16-7-5-14-12(13(16)17)15-6-8-18-11(3)4/h5,7,10-11H,6,8-9H2,1-4H3,(H,14,15). The molecule has 0 bridgehead atoms. The van der Waals surface area contributed by atoms with E-state index in [-0.39, 0.29) is 11.7 Å². The van der Waals surface area contributed by atoms with Crippen molar-refractivity contribution in [3.05, 3.63) is 22.7 Å². The van der Waals surface area contributed by atoms with Crippen LogP contribution in [0.4, 0.5) is 5.82 Å². The molecule has 1 N–H and O–H groups in total. The molecule has 1 aromatic rings. The molecule has 0 spiro atoms. The summed E-state index contributed by atoms with van der Waals surface area (Å²) in [5.41, 5.74) is -0.0734. The zero-order chi connectivity index (χ0) is 13.5. The van der Waals surface area contributed by atoms with Crippen LogP contribution in [0.3, 0.4) is 0 Å². The van der Waals surface area contributed by atoms with E-state index in [1.165, 1.54) is 0 Å². The molecular weight excluding hydrogens is 230 g/mol. The van der Waals surface area contributed by atoms with E-state index in [0.29, 0.717) is 31.4 Å². The van der Waals surface area contributed by atoms with Crippen LogP contribution in [-0.4, -0.2) is 28.8 Å². The summed E-state index contributed by atoms with van der Waals surface area (Å²) in [7, 11) is 0. The number of ether oxygens (including phenoxy) is 1. The number of nitrogens with one attached hydrogen (secondary N) is 1. The Kier molecular flexibility index (Phi) is 5.85. The first-order chi connectivity index (χ1) is 8.50. The Hall–Kier alpha value is -1.36. The highest BCUT2D eigenvalue weighted by Crippen LogP contribution is 1.98. The average Bonchev–Trinajstić information content (AvgIpc) is 2.28. The summed E-state index contributed by atoms with van der Waals surface area (Å²) in [6.45, 7) is 9.99. The van der Waals surface area contributed by atoms with Gasteiger partial charge in [0.2, 0.25) is 0 Å². The monoisotopic (exact) mass is 253 g/mol. The molecule has 0 aliphatic carbocycles. The van der Waals surface area contributed by atoms with Gasteiger partial charge >= 0.3 is 0 Å². The molecule has 0 aromatic carbocycles. The molecule has 0 aliphatic heterocycles. The summed E-state index contributed by atoms with van der Waals surface area (Å²) in [6, 6.07) is 0. The zero-order valence-corrected chi connectivity index (χ0v) is 11.6. The summed E-state index contributed by atoms with van der Waals surface area (Å²) < 4.78 is 7.08. The molecule has 0 fully saturated rings. The number of hydrogen-bond donors (Lipinski definition) is 1. The fourth-order valence-electron chi connectivity index (χ4n) is 1.57. The van der Waals surface area contributed by atoms with Crippen molar-refractivity contribution < 1.29 is 4.74 Å². The number of hydrogen-bond acceptors (Lipinski definition) is 4. The third kappa shape index (κ3) is 4.87. The molecule has 0 atom stereocenters. The van der Waals surface area contributed by atoms with Crippen molar-refractivity contribution in [1.82, 2.24) is 9.55 Å². The van der Waals surface area contributed by atoms with Crippen molar-refractivity contribution in [2.75, 3.05) is 18.5 Å². The predicted molar refractivity (Wildman–Crippen MR) is 72.9 cm³/mol. The first kappa shape index (κ1) is 14.7. The number of aromatic nitrogens is 2. The second-order valence-electron chi connectivity index (χ2n) is 4.97. The van der Waals surface area contributed by atoms with Crippen molar-refractivity contribution in [3.63, 3.8) is 0 Å². The fraction of sp³-hybridized carbons (Fsp3) is 0.692. The molecule has 0 saturated carbocycles. The molecular formula is C13H23N3O2. The first-order valence-electron chi connectivity index (χ1n) is 6.41. The quantitative estimate of drug-likeness (QED) is 0.752. The van der Waals surface area contributed by atoms with Gasteiger partial charge in [-0.2, -0.15) is 0 Å². The SMILES string of the molecule is CC(C)Cn1ccnc(NCCOC(C)C)c1=O. The lowest BCUT2D eigenvalue weighted by Gasteiger charge is -2.11. The third-order valence-electron chi connectivity index (χ3n) is 2.32. The smallest absolute Gasteiger partial charge is 0.293 e. The summed E-state index contributed by atoms with van der Waals surface area (Å²) in [6.07, 6.45) is 3.57. The van der Waals surface area contributed by atoms with E-state index in [1.807, 2.05) is 13.8 Å².